The van der Waals surface area contributed by atoms with Crippen LogP contribution in [0.3, 0.4) is 0 Å². The van der Waals surface area contributed by atoms with Gasteiger partial charge in [0.1, 0.15) is 0 Å². The minimum Gasteiger partial charge on any atom is -0.371 e. The van der Waals surface area contributed by atoms with Crippen LogP contribution in [-0.2, 0) is 0 Å². The van der Waals surface area contributed by atoms with Crippen LogP contribution in [0.4, 0.5) is 5.69 Å². The molecule has 0 radical (unpaired) electrons. The van der Waals surface area contributed by atoms with Gasteiger partial charge < -0.3 is 10.6 Å². The molecule has 0 aromatic heterocycles. The first kappa shape index (κ1) is 15.8. The van der Waals surface area contributed by atoms with E-state index in [1.54, 1.807) is 0 Å². The highest BCUT2D eigenvalue weighted by Crippen LogP contribution is 2.35. The van der Waals surface area contributed by atoms with Gasteiger partial charge in [-0.1, -0.05) is 19.4 Å². The molecule has 0 amide bonds. The number of halogens is 1. The molecular formula is C17H27BrN2. The first-order valence-corrected chi connectivity index (χ1v) is 8.60. The first-order chi connectivity index (χ1) is 9.52. The van der Waals surface area contributed by atoms with Crippen molar-refractivity contribution in [3.63, 3.8) is 0 Å². The molecule has 0 spiro atoms. The zero-order valence-electron chi connectivity index (χ0n) is 12.9. The highest BCUT2D eigenvalue weighted by molar-refractivity contribution is 9.10. The van der Waals surface area contributed by atoms with Crippen molar-refractivity contribution in [1.29, 1.82) is 0 Å². The molecule has 1 aromatic rings. The van der Waals surface area contributed by atoms with Crippen molar-refractivity contribution in [2.24, 2.45) is 11.7 Å². The Balaban J connectivity index is 2.07. The van der Waals surface area contributed by atoms with Crippen molar-refractivity contribution in [1.82, 2.24) is 0 Å². The van der Waals surface area contributed by atoms with E-state index in [4.69, 9.17) is 5.73 Å². The normalized spacial score (nSPS) is 24.4. The topological polar surface area (TPSA) is 29.3 Å². The van der Waals surface area contributed by atoms with Crippen molar-refractivity contribution in [3.05, 3.63) is 28.2 Å². The molecule has 1 unspecified atom stereocenters. The van der Waals surface area contributed by atoms with E-state index >= 15 is 0 Å². The minimum atomic E-state index is 0.0886. The van der Waals surface area contributed by atoms with E-state index in [1.165, 1.54) is 43.4 Å². The molecule has 0 bridgehead atoms. The van der Waals surface area contributed by atoms with Crippen LogP contribution in [0.15, 0.2) is 22.7 Å². The number of benzene rings is 1. The molecule has 1 saturated carbocycles. The smallest absolute Gasteiger partial charge is 0.0510 e. The number of nitrogens with zero attached hydrogens (tertiary/aromatic N) is 1. The Hall–Kier alpha value is -0.540. The third-order valence-corrected chi connectivity index (χ3v) is 5.45. The molecule has 1 aliphatic carbocycles. The molecule has 2 rings (SSSR count). The van der Waals surface area contributed by atoms with Crippen LogP contribution < -0.4 is 10.6 Å². The van der Waals surface area contributed by atoms with Gasteiger partial charge in [0.2, 0.25) is 0 Å². The highest BCUT2D eigenvalue weighted by Gasteiger charge is 2.24. The Morgan fingerprint density at radius 3 is 2.45 bits per heavy atom. The second-order valence-electron chi connectivity index (χ2n) is 6.19. The van der Waals surface area contributed by atoms with E-state index < -0.39 is 0 Å². The van der Waals surface area contributed by atoms with Crippen LogP contribution in [0.2, 0.25) is 0 Å². The summed E-state index contributed by atoms with van der Waals surface area (Å²) in [6.07, 6.45) is 6.72. The Kier molecular flexibility index (Phi) is 5.50. The molecule has 2 N–H and O–H groups in total. The fraction of sp³-hybridized carbons (Fsp3) is 0.647. The summed E-state index contributed by atoms with van der Waals surface area (Å²) in [5.74, 6) is 0.948. The van der Waals surface area contributed by atoms with Crippen LogP contribution in [0.5, 0.6) is 0 Å². The molecule has 1 aromatic carbocycles. The summed E-state index contributed by atoms with van der Waals surface area (Å²) in [6.45, 7) is 4.34. The van der Waals surface area contributed by atoms with Crippen molar-refractivity contribution in [3.8, 4) is 0 Å². The fourth-order valence-corrected chi connectivity index (χ4v) is 3.91. The summed E-state index contributed by atoms with van der Waals surface area (Å²) < 4.78 is 1.16. The monoisotopic (exact) mass is 338 g/mol. The molecule has 0 saturated heterocycles. The van der Waals surface area contributed by atoms with Crippen LogP contribution in [-0.4, -0.2) is 13.1 Å². The van der Waals surface area contributed by atoms with E-state index in [0.29, 0.717) is 6.04 Å². The molecule has 112 valence electrons. The predicted octanol–water partition coefficient (Wildman–Crippen LogP) is 4.87. The van der Waals surface area contributed by atoms with Crippen LogP contribution >= 0.6 is 15.9 Å². The van der Waals surface area contributed by atoms with E-state index in [0.717, 1.165) is 10.4 Å². The predicted molar refractivity (Wildman–Crippen MR) is 91.2 cm³/mol. The van der Waals surface area contributed by atoms with Gasteiger partial charge in [0.05, 0.1) is 5.69 Å². The minimum absolute atomic E-state index is 0.0886. The number of hydrogen-bond acceptors (Lipinski definition) is 2. The van der Waals surface area contributed by atoms with Gasteiger partial charge in [-0.3, -0.25) is 0 Å². The average molecular weight is 339 g/mol. The summed E-state index contributed by atoms with van der Waals surface area (Å²) in [5.41, 5.74) is 8.42. The number of rotatable bonds is 4. The van der Waals surface area contributed by atoms with Gasteiger partial charge in [-0.2, -0.15) is 0 Å². The van der Waals surface area contributed by atoms with Crippen LogP contribution in [0.1, 0.15) is 57.6 Å². The summed E-state index contributed by atoms with van der Waals surface area (Å²) in [6, 6.07) is 7.28. The lowest BCUT2D eigenvalue weighted by molar-refractivity contribution is 0.313. The summed E-state index contributed by atoms with van der Waals surface area (Å²) in [7, 11) is 2.22. The third kappa shape index (κ3) is 3.56. The van der Waals surface area contributed by atoms with E-state index in [9.17, 15) is 0 Å². The molecule has 1 aliphatic rings. The Labute approximate surface area is 131 Å². The lowest BCUT2D eigenvalue weighted by atomic mass is 9.84. The maximum Gasteiger partial charge on any atom is 0.0510 e. The highest BCUT2D eigenvalue weighted by atomic mass is 79.9. The Bertz CT molecular complexity index is 437. The van der Waals surface area contributed by atoms with Gasteiger partial charge in [-0.15, -0.1) is 0 Å². The molecular weight excluding hydrogens is 312 g/mol. The summed E-state index contributed by atoms with van der Waals surface area (Å²) in [4.78, 5) is 2.45. The van der Waals surface area contributed by atoms with Crippen molar-refractivity contribution in [2.75, 3.05) is 11.9 Å². The molecule has 0 heterocycles. The fourth-order valence-electron chi connectivity index (χ4n) is 3.23. The zero-order chi connectivity index (χ0) is 14.7. The molecule has 1 atom stereocenters. The number of nitrogens with two attached hydrogens (primary N) is 1. The second-order valence-corrected chi connectivity index (χ2v) is 7.05. The largest absolute Gasteiger partial charge is 0.371 e. The first-order valence-electron chi connectivity index (χ1n) is 7.80. The molecule has 3 heteroatoms. The quantitative estimate of drug-likeness (QED) is 0.848. The summed E-state index contributed by atoms with van der Waals surface area (Å²) >= 11 is 3.71. The van der Waals surface area contributed by atoms with Crippen molar-refractivity contribution >= 4 is 21.6 Å². The van der Waals surface area contributed by atoms with Crippen molar-refractivity contribution < 1.29 is 0 Å². The van der Waals surface area contributed by atoms with Gasteiger partial charge >= 0.3 is 0 Å². The number of anilines is 1. The SMILES string of the molecule is CCC1CCC(N(C)c2ccc(C(C)N)cc2Br)CC1. The van der Waals surface area contributed by atoms with Crippen LogP contribution in [0, 0.1) is 5.92 Å². The van der Waals surface area contributed by atoms with Crippen molar-refractivity contribution in [2.45, 2.75) is 58.0 Å². The lowest BCUT2D eigenvalue weighted by Crippen LogP contribution is -2.35. The van der Waals surface area contributed by atoms with E-state index in [1.807, 2.05) is 6.92 Å². The average Bonchev–Trinajstić information content (AvgIpc) is 2.46. The van der Waals surface area contributed by atoms with Gasteiger partial charge in [-0.05, 0) is 72.2 Å². The summed E-state index contributed by atoms with van der Waals surface area (Å²) in [5, 5.41) is 0. The molecule has 2 nitrogen and oxygen atoms in total. The zero-order valence-corrected chi connectivity index (χ0v) is 14.5. The van der Waals surface area contributed by atoms with E-state index in [-0.39, 0.29) is 6.04 Å². The molecule has 0 aliphatic heterocycles. The van der Waals surface area contributed by atoms with Gasteiger partial charge in [0, 0.05) is 23.6 Å². The Morgan fingerprint density at radius 1 is 1.30 bits per heavy atom. The Morgan fingerprint density at radius 2 is 1.95 bits per heavy atom. The lowest BCUT2D eigenvalue weighted by Gasteiger charge is -2.36. The molecule has 1 fully saturated rings. The maximum absolute atomic E-state index is 5.95. The van der Waals surface area contributed by atoms with Gasteiger partial charge in [0.15, 0.2) is 0 Å². The maximum atomic E-state index is 5.95. The van der Waals surface area contributed by atoms with E-state index in [2.05, 4.69) is 53.0 Å². The van der Waals surface area contributed by atoms with Gasteiger partial charge in [-0.25, -0.2) is 0 Å². The number of hydrogen-bond donors (Lipinski definition) is 1. The van der Waals surface area contributed by atoms with Crippen LogP contribution in [0.25, 0.3) is 0 Å². The van der Waals surface area contributed by atoms with Gasteiger partial charge in [0.25, 0.3) is 0 Å². The third-order valence-electron chi connectivity index (χ3n) is 4.82. The standard InChI is InChI=1S/C17H27BrN2/c1-4-13-5-8-15(9-6-13)20(3)17-10-7-14(12(2)19)11-16(17)18/h7,10-13,15H,4-6,8-9,19H2,1-3H3. The second kappa shape index (κ2) is 6.95. The molecule has 20 heavy (non-hydrogen) atoms.